The van der Waals surface area contributed by atoms with Crippen molar-refractivity contribution in [3.05, 3.63) is 57.9 Å². The van der Waals surface area contributed by atoms with Gasteiger partial charge in [0.25, 0.3) is 0 Å². The Bertz CT molecular complexity index is 766. The van der Waals surface area contributed by atoms with E-state index in [1.54, 1.807) is 17.4 Å². The van der Waals surface area contributed by atoms with Crippen LogP contribution in [0.2, 0.25) is 5.15 Å². The van der Waals surface area contributed by atoms with Crippen LogP contribution in [0.25, 0.3) is 10.6 Å². The van der Waals surface area contributed by atoms with Crippen molar-refractivity contribution >= 4 is 28.8 Å². The van der Waals surface area contributed by atoms with Gasteiger partial charge in [0, 0.05) is 16.5 Å². The molecule has 0 fully saturated rings. The lowest BCUT2D eigenvalue weighted by Crippen LogP contribution is -2.02. The normalized spacial score (nSPS) is 10.7. The number of halogens is 1. The Balaban J connectivity index is 1.77. The zero-order valence-electron chi connectivity index (χ0n) is 12.3. The first-order valence-electron chi connectivity index (χ1n) is 6.88. The number of hydrogen-bond acceptors (Lipinski definition) is 5. The van der Waals surface area contributed by atoms with Gasteiger partial charge in [0.05, 0.1) is 12.2 Å². The second-order valence-corrected chi connectivity index (χ2v) is 6.34. The molecule has 0 atom stereocenters. The van der Waals surface area contributed by atoms with Crippen molar-refractivity contribution in [2.24, 2.45) is 0 Å². The minimum absolute atomic E-state index is 0.445. The lowest BCUT2D eigenvalue weighted by Gasteiger charge is -2.05. The Morgan fingerprint density at radius 3 is 2.59 bits per heavy atom. The van der Waals surface area contributed by atoms with Crippen LogP contribution in [0.4, 0.5) is 5.82 Å². The molecule has 3 aromatic rings. The molecular weight excluding hydrogens is 316 g/mol. The smallest absolute Gasteiger partial charge is 0.134 e. The highest BCUT2D eigenvalue weighted by Gasteiger charge is 2.09. The SMILES string of the molecule is Cc1nc(Cl)cc(NCc2sc(-c3ccccc3)nc2C)n1. The van der Waals surface area contributed by atoms with Crippen molar-refractivity contribution in [3.8, 4) is 10.6 Å². The molecule has 0 saturated heterocycles. The second kappa shape index (κ2) is 6.42. The molecule has 3 rings (SSSR count). The highest BCUT2D eigenvalue weighted by atomic mass is 35.5. The lowest BCUT2D eigenvalue weighted by molar-refractivity contribution is 1.02. The van der Waals surface area contributed by atoms with Gasteiger partial charge in [0.15, 0.2) is 0 Å². The molecule has 4 nitrogen and oxygen atoms in total. The molecule has 1 aromatic carbocycles. The number of nitrogens with zero attached hydrogens (tertiary/aromatic N) is 3. The van der Waals surface area contributed by atoms with Gasteiger partial charge in [0.2, 0.25) is 0 Å². The van der Waals surface area contributed by atoms with Crippen molar-refractivity contribution in [2.45, 2.75) is 20.4 Å². The van der Waals surface area contributed by atoms with Gasteiger partial charge in [0.1, 0.15) is 21.8 Å². The molecule has 0 aliphatic carbocycles. The van der Waals surface area contributed by atoms with Gasteiger partial charge in [-0.15, -0.1) is 11.3 Å². The molecule has 0 bridgehead atoms. The largest absolute Gasteiger partial charge is 0.365 e. The van der Waals surface area contributed by atoms with Crippen molar-refractivity contribution in [2.75, 3.05) is 5.32 Å². The second-order valence-electron chi connectivity index (χ2n) is 4.87. The van der Waals surface area contributed by atoms with Crippen LogP contribution in [0.15, 0.2) is 36.4 Å². The molecule has 0 saturated carbocycles. The third-order valence-electron chi connectivity index (χ3n) is 3.15. The Labute approximate surface area is 138 Å². The lowest BCUT2D eigenvalue weighted by atomic mass is 10.2. The first kappa shape index (κ1) is 14.9. The van der Waals surface area contributed by atoms with E-state index >= 15 is 0 Å². The molecule has 1 N–H and O–H groups in total. The minimum atomic E-state index is 0.445. The summed E-state index contributed by atoms with van der Waals surface area (Å²) in [5.41, 5.74) is 2.18. The van der Waals surface area contributed by atoms with Crippen LogP contribution < -0.4 is 5.32 Å². The fraction of sp³-hybridized carbons (Fsp3) is 0.188. The number of nitrogens with one attached hydrogen (secondary N) is 1. The number of thiazole rings is 1. The van der Waals surface area contributed by atoms with Gasteiger partial charge < -0.3 is 5.32 Å². The van der Waals surface area contributed by atoms with E-state index in [1.807, 2.05) is 32.0 Å². The average molecular weight is 331 g/mol. The van der Waals surface area contributed by atoms with E-state index in [4.69, 9.17) is 11.6 Å². The molecule has 112 valence electrons. The summed E-state index contributed by atoms with van der Waals surface area (Å²) < 4.78 is 0. The Hall–Kier alpha value is -1.98. The maximum atomic E-state index is 5.95. The number of anilines is 1. The van der Waals surface area contributed by atoms with Crippen LogP contribution in [0, 0.1) is 13.8 Å². The quantitative estimate of drug-likeness (QED) is 0.716. The van der Waals surface area contributed by atoms with E-state index < -0.39 is 0 Å². The first-order valence-corrected chi connectivity index (χ1v) is 8.08. The summed E-state index contributed by atoms with van der Waals surface area (Å²) in [5.74, 6) is 1.38. The van der Waals surface area contributed by atoms with E-state index in [9.17, 15) is 0 Å². The first-order chi connectivity index (χ1) is 10.6. The van der Waals surface area contributed by atoms with Gasteiger partial charge in [-0.25, -0.2) is 15.0 Å². The molecule has 22 heavy (non-hydrogen) atoms. The summed E-state index contributed by atoms with van der Waals surface area (Å²) in [4.78, 5) is 14.2. The highest BCUT2D eigenvalue weighted by molar-refractivity contribution is 7.15. The third-order valence-corrected chi connectivity index (χ3v) is 4.55. The summed E-state index contributed by atoms with van der Waals surface area (Å²) in [6.45, 7) is 4.52. The summed E-state index contributed by atoms with van der Waals surface area (Å²) in [7, 11) is 0. The number of aryl methyl sites for hydroxylation is 2. The van der Waals surface area contributed by atoms with Crippen LogP contribution in [0.3, 0.4) is 0 Å². The maximum absolute atomic E-state index is 5.95. The molecule has 0 aliphatic rings. The maximum Gasteiger partial charge on any atom is 0.134 e. The van der Waals surface area contributed by atoms with E-state index in [0.717, 1.165) is 22.1 Å². The summed E-state index contributed by atoms with van der Waals surface area (Å²) >= 11 is 7.64. The van der Waals surface area contributed by atoms with E-state index in [-0.39, 0.29) is 0 Å². The Morgan fingerprint density at radius 1 is 1.09 bits per heavy atom. The fourth-order valence-corrected chi connectivity index (χ4v) is 3.32. The van der Waals surface area contributed by atoms with Crippen LogP contribution in [-0.2, 0) is 6.54 Å². The zero-order valence-corrected chi connectivity index (χ0v) is 13.9. The average Bonchev–Trinajstić information content (AvgIpc) is 2.86. The van der Waals surface area contributed by atoms with Gasteiger partial charge in [-0.2, -0.15) is 0 Å². The molecule has 2 heterocycles. The number of rotatable bonds is 4. The van der Waals surface area contributed by atoms with Crippen LogP contribution >= 0.6 is 22.9 Å². The molecule has 0 unspecified atom stereocenters. The van der Waals surface area contributed by atoms with Crippen LogP contribution in [0.5, 0.6) is 0 Å². The summed E-state index contributed by atoms with van der Waals surface area (Å²) in [6.07, 6.45) is 0. The fourth-order valence-electron chi connectivity index (χ4n) is 2.09. The highest BCUT2D eigenvalue weighted by Crippen LogP contribution is 2.28. The molecule has 6 heteroatoms. The predicted molar refractivity (Wildman–Crippen MR) is 91.4 cm³/mol. The summed E-state index contributed by atoms with van der Waals surface area (Å²) in [6, 6.07) is 11.9. The van der Waals surface area contributed by atoms with E-state index in [2.05, 4.69) is 32.4 Å². The molecule has 0 aliphatic heterocycles. The number of benzene rings is 1. The van der Waals surface area contributed by atoms with Gasteiger partial charge in [-0.1, -0.05) is 41.9 Å². The van der Waals surface area contributed by atoms with Gasteiger partial charge in [-0.05, 0) is 13.8 Å². The van der Waals surface area contributed by atoms with Crippen LogP contribution in [0.1, 0.15) is 16.4 Å². The molecule has 0 spiro atoms. The van der Waals surface area contributed by atoms with Crippen LogP contribution in [-0.4, -0.2) is 15.0 Å². The van der Waals surface area contributed by atoms with Crippen molar-refractivity contribution in [1.82, 2.24) is 15.0 Å². The molecule has 0 amide bonds. The van der Waals surface area contributed by atoms with Gasteiger partial charge >= 0.3 is 0 Å². The van der Waals surface area contributed by atoms with Crippen molar-refractivity contribution < 1.29 is 0 Å². The Kier molecular flexibility index (Phi) is 4.36. The minimum Gasteiger partial charge on any atom is -0.365 e. The summed E-state index contributed by atoms with van der Waals surface area (Å²) in [5, 5.41) is 4.76. The Morgan fingerprint density at radius 2 is 1.86 bits per heavy atom. The zero-order chi connectivity index (χ0) is 15.5. The van der Waals surface area contributed by atoms with E-state index in [0.29, 0.717) is 17.5 Å². The standard InChI is InChI=1S/C16H15ClN4S/c1-10-13(9-18-15-8-14(17)20-11(2)21-15)22-16(19-10)12-6-4-3-5-7-12/h3-8H,9H2,1-2H3,(H,18,20,21). The van der Waals surface area contributed by atoms with Crippen molar-refractivity contribution in [3.63, 3.8) is 0 Å². The van der Waals surface area contributed by atoms with Gasteiger partial charge in [-0.3, -0.25) is 0 Å². The molecule has 0 radical (unpaired) electrons. The predicted octanol–water partition coefficient (Wildman–Crippen LogP) is 4.48. The topological polar surface area (TPSA) is 50.7 Å². The number of aromatic nitrogens is 3. The van der Waals surface area contributed by atoms with E-state index in [1.165, 1.54) is 4.88 Å². The monoisotopic (exact) mass is 330 g/mol. The third kappa shape index (κ3) is 3.43. The molecular formula is C16H15ClN4S. The molecule has 2 aromatic heterocycles. The van der Waals surface area contributed by atoms with Crippen molar-refractivity contribution in [1.29, 1.82) is 0 Å². The number of hydrogen-bond donors (Lipinski definition) is 1.